The number of nitrogens with one attached hydrogen (secondary N) is 1. The van der Waals surface area contributed by atoms with E-state index in [-0.39, 0.29) is 0 Å². The quantitative estimate of drug-likeness (QED) is 0.762. The van der Waals surface area contributed by atoms with Gasteiger partial charge < -0.3 is 15.0 Å². The van der Waals surface area contributed by atoms with Crippen LogP contribution < -0.4 is 15.0 Å². The van der Waals surface area contributed by atoms with Crippen molar-refractivity contribution in [3.8, 4) is 5.75 Å². The second-order valence-electron chi connectivity index (χ2n) is 4.57. The van der Waals surface area contributed by atoms with Gasteiger partial charge >= 0.3 is 0 Å². The normalized spacial score (nSPS) is 23.4. The third-order valence-corrected chi connectivity index (χ3v) is 3.90. The molecule has 3 heterocycles. The molecule has 0 aromatic carbocycles. The molecule has 1 aromatic rings. The van der Waals surface area contributed by atoms with E-state index < -0.39 is 0 Å². The second kappa shape index (κ2) is 4.35. The molecule has 1 saturated heterocycles. The molecule has 1 N–H and O–H groups in total. The average Bonchev–Trinajstić information content (AvgIpc) is 2.54. The number of ether oxygens (including phenoxy) is 1. The summed E-state index contributed by atoms with van der Waals surface area (Å²) in [6.45, 7) is 5.71. The van der Waals surface area contributed by atoms with E-state index in [0.717, 1.165) is 49.8 Å². The summed E-state index contributed by atoms with van der Waals surface area (Å²) in [4.78, 5) is 6.81. The first-order chi connectivity index (χ1) is 8.27. The average molecular weight is 254 g/mol. The van der Waals surface area contributed by atoms with Crippen LogP contribution in [0.15, 0.2) is 6.20 Å². The minimum atomic E-state index is 0.484. The van der Waals surface area contributed by atoms with Crippen LogP contribution in [0.5, 0.6) is 5.75 Å². The molecular formula is C12H16ClN3O. The Balaban J connectivity index is 2.06. The van der Waals surface area contributed by atoms with E-state index in [1.54, 1.807) is 6.20 Å². The molecule has 1 fully saturated rings. The highest BCUT2D eigenvalue weighted by molar-refractivity contribution is 6.31. The number of hydrogen-bond donors (Lipinski definition) is 1. The molecule has 0 aliphatic carbocycles. The van der Waals surface area contributed by atoms with Gasteiger partial charge in [-0.1, -0.05) is 11.6 Å². The summed E-state index contributed by atoms with van der Waals surface area (Å²) < 4.78 is 5.84. The molecule has 2 aliphatic heterocycles. The molecule has 0 amide bonds. The Labute approximate surface area is 106 Å². The van der Waals surface area contributed by atoms with Gasteiger partial charge in [0.25, 0.3) is 0 Å². The van der Waals surface area contributed by atoms with Crippen LogP contribution in [0.3, 0.4) is 0 Å². The minimum absolute atomic E-state index is 0.484. The number of rotatable bonds is 0. The number of piperazine rings is 1. The summed E-state index contributed by atoms with van der Waals surface area (Å²) >= 11 is 6.10. The molecule has 0 radical (unpaired) electrons. The molecule has 2 aliphatic rings. The van der Waals surface area contributed by atoms with Gasteiger partial charge in [0, 0.05) is 43.9 Å². The third kappa shape index (κ3) is 1.85. The van der Waals surface area contributed by atoms with Crippen LogP contribution in [-0.4, -0.2) is 37.3 Å². The van der Waals surface area contributed by atoms with E-state index >= 15 is 0 Å². The number of pyridine rings is 1. The first kappa shape index (κ1) is 11.1. The van der Waals surface area contributed by atoms with Crippen molar-refractivity contribution in [3.05, 3.63) is 16.8 Å². The number of aromatic nitrogens is 1. The van der Waals surface area contributed by atoms with E-state index in [2.05, 4.69) is 15.2 Å². The Bertz CT molecular complexity index is 438. The molecule has 1 aromatic heterocycles. The minimum Gasteiger partial charge on any atom is -0.489 e. The Morgan fingerprint density at radius 2 is 2.47 bits per heavy atom. The molecule has 92 valence electrons. The van der Waals surface area contributed by atoms with Crippen LogP contribution in [0.25, 0.3) is 0 Å². The van der Waals surface area contributed by atoms with Gasteiger partial charge in [-0.25, -0.2) is 4.98 Å². The Morgan fingerprint density at radius 1 is 1.59 bits per heavy atom. The van der Waals surface area contributed by atoms with E-state index in [1.807, 2.05) is 6.92 Å². The van der Waals surface area contributed by atoms with Gasteiger partial charge in [0.2, 0.25) is 0 Å². The number of halogens is 1. The predicted octanol–water partition coefficient (Wildman–Crippen LogP) is 1.60. The fraction of sp³-hybridized carbons (Fsp3) is 0.583. The summed E-state index contributed by atoms with van der Waals surface area (Å²) in [7, 11) is 0. The molecule has 0 bridgehead atoms. The maximum absolute atomic E-state index is 6.10. The molecular weight excluding hydrogens is 238 g/mol. The van der Waals surface area contributed by atoms with Gasteiger partial charge in [-0.2, -0.15) is 0 Å². The summed E-state index contributed by atoms with van der Waals surface area (Å²) in [5.41, 5.74) is 0.996. The van der Waals surface area contributed by atoms with E-state index in [0.29, 0.717) is 11.1 Å². The standard InChI is InChI=1S/C12H16ClN3O/c1-8-10(13)7-15-12-11(8)17-5-2-9-6-14-3-4-16(9)12/h7,9,14H,2-6H2,1H3/t9-/m1/s1. The first-order valence-electron chi connectivity index (χ1n) is 6.02. The Morgan fingerprint density at radius 3 is 3.35 bits per heavy atom. The van der Waals surface area contributed by atoms with Gasteiger partial charge in [-0.3, -0.25) is 0 Å². The molecule has 0 spiro atoms. The van der Waals surface area contributed by atoms with E-state index in [4.69, 9.17) is 16.3 Å². The van der Waals surface area contributed by atoms with Crippen LogP contribution in [0, 0.1) is 6.92 Å². The van der Waals surface area contributed by atoms with E-state index in [9.17, 15) is 0 Å². The van der Waals surface area contributed by atoms with Crippen molar-refractivity contribution < 1.29 is 4.74 Å². The summed E-state index contributed by atoms with van der Waals surface area (Å²) in [6, 6.07) is 0.484. The maximum atomic E-state index is 6.10. The van der Waals surface area contributed by atoms with Crippen molar-refractivity contribution in [1.82, 2.24) is 10.3 Å². The predicted molar refractivity (Wildman–Crippen MR) is 68.1 cm³/mol. The van der Waals surface area contributed by atoms with Gasteiger partial charge in [0.1, 0.15) is 0 Å². The lowest BCUT2D eigenvalue weighted by atomic mass is 10.1. The maximum Gasteiger partial charge on any atom is 0.172 e. The van der Waals surface area contributed by atoms with Crippen molar-refractivity contribution in [3.63, 3.8) is 0 Å². The van der Waals surface area contributed by atoms with Gasteiger partial charge in [0.15, 0.2) is 11.6 Å². The number of fused-ring (bicyclic) bond motifs is 3. The lowest BCUT2D eigenvalue weighted by Crippen LogP contribution is -2.51. The van der Waals surface area contributed by atoms with Gasteiger partial charge in [-0.15, -0.1) is 0 Å². The lowest BCUT2D eigenvalue weighted by Gasteiger charge is -2.35. The first-order valence-corrected chi connectivity index (χ1v) is 6.40. The molecule has 1 atom stereocenters. The van der Waals surface area contributed by atoms with Crippen molar-refractivity contribution in [2.75, 3.05) is 31.1 Å². The van der Waals surface area contributed by atoms with Crippen LogP contribution >= 0.6 is 11.6 Å². The van der Waals surface area contributed by atoms with Crippen molar-refractivity contribution in [2.24, 2.45) is 0 Å². The fourth-order valence-electron chi connectivity index (χ4n) is 2.52. The van der Waals surface area contributed by atoms with Crippen LogP contribution in [-0.2, 0) is 0 Å². The van der Waals surface area contributed by atoms with Crippen molar-refractivity contribution in [2.45, 2.75) is 19.4 Å². The highest BCUT2D eigenvalue weighted by Crippen LogP contribution is 2.37. The number of nitrogens with zero attached hydrogens (tertiary/aromatic N) is 2. The van der Waals surface area contributed by atoms with Crippen molar-refractivity contribution >= 4 is 17.4 Å². The third-order valence-electron chi connectivity index (χ3n) is 3.52. The van der Waals surface area contributed by atoms with Gasteiger partial charge in [0.05, 0.1) is 11.6 Å². The zero-order chi connectivity index (χ0) is 11.8. The highest BCUT2D eigenvalue weighted by atomic mass is 35.5. The topological polar surface area (TPSA) is 37.4 Å². The smallest absolute Gasteiger partial charge is 0.172 e. The zero-order valence-corrected chi connectivity index (χ0v) is 10.6. The number of hydrogen-bond acceptors (Lipinski definition) is 4. The molecule has 5 heteroatoms. The highest BCUT2D eigenvalue weighted by Gasteiger charge is 2.29. The largest absolute Gasteiger partial charge is 0.489 e. The summed E-state index contributed by atoms with van der Waals surface area (Å²) in [6.07, 6.45) is 2.75. The fourth-order valence-corrected chi connectivity index (χ4v) is 2.66. The van der Waals surface area contributed by atoms with Gasteiger partial charge in [-0.05, 0) is 6.92 Å². The Kier molecular flexibility index (Phi) is 2.84. The monoisotopic (exact) mass is 253 g/mol. The molecule has 0 unspecified atom stereocenters. The Hall–Kier alpha value is -1.00. The van der Waals surface area contributed by atoms with Crippen LogP contribution in [0.2, 0.25) is 5.02 Å². The van der Waals surface area contributed by atoms with E-state index in [1.165, 1.54) is 0 Å². The number of anilines is 1. The van der Waals surface area contributed by atoms with Crippen molar-refractivity contribution in [1.29, 1.82) is 0 Å². The van der Waals surface area contributed by atoms with Crippen LogP contribution in [0.1, 0.15) is 12.0 Å². The second-order valence-corrected chi connectivity index (χ2v) is 4.98. The molecule has 0 saturated carbocycles. The SMILES string of the molecule is Cc1c(Cl)cnc2c1OCC[C@@H]1CNCCN21. The van der Waals surface area contributed by atoms with Crippen LogP contribution in [0.4, 0.5) is 5.82 Å². The molecule has 17 heavy (non-hydrogen) atoms. The molecule has 3 rings (SSSR count). The lowest BCUT2D eigenvalue weighted by molar-refractivity contribution is 0.302. The summed E-state index contributed by atoms with van der Waals surface area (Å²) in [5.74, 6) is 1.82. The molecule has 4 nitrogen and oxygen atoms in total. The zero-order valence-electron chi connectivity index (χ0n) is 9.87. The summed E-state index contributed by atoms with van der Waals surface area (Å²) in [5, 5.41) is 4.10.